The molecule has 0 bridgehead atoms. The zero-order valence-corrected chi connectivity index (χ0v) is 23.1. The maximum atomic E-state index is 12.8. The van der Waals surface area contributed by atoms with Crippen LogP contribution in [-0.2, 0) is 27.2 Å². The minimum Gasteiger partial charge on any atom is -0.390 e. The van der Waals surface area contributed by atoms with Crippen molar-refractivity contribution in [3.05, 3.63) is 47.2 Å². The number of rotatable bonds is 15. The van der Waals surface area contributed by atoms with Crippen LogP contribution < -0.4 is 10.6 Å². The van der Waals surface area contributed by atoms with E-state index >= 15 is 0 Å². The zero-order chi connectivity index (χ0) is 27.3. The lowest BCUT2D eigenvalue weighted by Gasteiger charge is -2.41. The molecule has 3 rings (SSSR count). The minimum absolute atomic E-state index is 0.127. The van der Waals surface area contributed by atoms with Crippen LogP contribution in [0, 0.1) is 0 Å². The number of nitrogens with zero attached hydrogens (tertiary/aromatic N) is 4. The number of aliphatic hydroxyl groups is 1. The van der Waals surface area contributed by atoms with Gasteiger partial charge in [-0.05, 0) is 37.1 Å². The first-order valence-electron chi connectivity index (χ1n) is 13.4. The minimum atomic E-state index is -0.668. The van der Waals surface area contributed by atoms with E-state index in [0.717, 1.165) is 45.4 Å². The van der Waals surface area contributed by atoms with Crippen LogP contribution in [0.3, 0.4) is 0 Å². The molecule has 1 atom stereocenters. The Balaban J connectivity index is 1.47. The normalized spacial score (nSPS) is 21.0. The SMILES string of the molecule is C=NC(C=C(NC)C(=O)NC[C@H](O)CN1CCc2ccccc2C1)=NC1CC(N(CCOC)CCOC)C1. The Labute approximate surface area is 226 Å². The average molecular weight is 529 g/mol. The van der Waals surface area contributed by atoms with E-state index in [1.54, 1.807) is 27.3 Å². The predicted octanol–water partition coefficient (Wildman–Crippen LogP) is 0.850. The molecule has 1 fully saturated rings. The third-order valence-corrected chi connectivity index (χ3v) is 7.21. The lowest BCUT2D eigenvalue weighted by molar-refractivity contribution is -0.118. The van der Waals surface area contributed by atoms with Gasteiger partial charge in [0, 0.05) is 72.7 Å². The van der Waals surface area contributed by atoms with Crippen LogP contribution in [0.4, 0.5) is 0 Å². The number of hydrogen-bond donors (Lipinski definition) is 3. The Kier molecular flexibility index (Phi) is 12.4. The first-order chi connectivity index (χ1) is 18.5. The fourth-order valence-corrected chi connectivity index (χ4v) is 4.93. The van der Waals surface area contributed by atoms with E-state index < -0.39 is 6.10 Å². The summed E-state index contributed by atoms with van der Waals surface area (Å²) in [5, 5.41) is 16.3. The number of β-amino-alcohol motifs (C(OH)–C–C–N with tert-alkyl or cyclic N) is 1. The van der Waals surface area contributed by atoms with E-state index in [-0.39, 0.29) is 18.5 Å². The Hall–Kier alpha value is -2.63. The molecule has 1 saturated carbocycles. The molecule has 3 N–H and O–H groups in total. The van der Waals surface area contributed by atoms with E-state index in [1.165, 1.54) is 11.1 Å². The summed E-state index contributed by atoms with van der Waals surface area (Å²) in [7, 11) is 5.10. The lowest BCUT2D eigenvalue weighted by atomic mass is 9.86. The number of amides is 1. The number of carbonyl (C=O) groups excluding carboxylic acids is 1. The number of carbonyl (C=O) groups is 1. The van der Waals surface area contributed by atoms with Crippen molar-refractivity contribution < 1.29 is 19.4 Å². The van der Waals surface area contributed by atoms with Crippen LogP contribution >= 0.6 is 0 Å². The number of methoxy groups -OCH3 is 2. The van der Waals surface area contributed by atoms with Gasteiger partial charge in [-0.1, -0.05) is 24.3 Å². The molecule has 1 amide bonds. The van der Waals surface area contributed by atoms with E-state index in [2.05, 4.69) is 50.3 Å². The van der Waals surface area contributed by atoms with Gasteiger partial charge in [-0.15, -0.1) is 0 Å². The molecular weight excluding hydrogens is 484 g/mol. The van der Waals surface area contributed by atoms with Crippen molar-refractivity contribution in [2.45, 2.75) is 44.0 Å². The van der Waals surface area contributed by atoms with E-state index in [0.29, 0.717) is 37.3 Å². The summed E-state index contributed by atoms with van der Waals surface area (Å²) in [6.45, 7) is 9.07. The summed E-state index contributed by atoms with van der Waals surface area (Å²) in [6, 6.07) is 8.95. The second-order valence-corrected chi connectivity index (χ2v) is 9.87. The molecule has 1 aromatic carbocycles. The van der Waals surface area contributed by atoms with Crippen LogP contribution in [0.25, 0.3) is 0 Å². The summed E-state index contributed by atoms with van der Waals surface area (Å²) in [6.07, 6.45) is 3.73. The highest BCUT2D eigenvalue weighted by Crippen LogP contribution is 2.28. The molecule has 0 unspecified atom stereocenters. The molecule has 0 aromatic heterocycles. The second-order valence-electron chi connectivity index (χ2n) is 9.87. The fraction of sp³-hybridized carbons (Fsp3) is 0.607. The monoisotopic (exact) mass is 528 g/mol. The van der Waals surface area contributed by atoms with Gasteiger partial charge in [0.05, 0.1) is 25.4 Å². The fourth-order valence-electron chi connectivity index (χ4n) is 4.93. The van der Waals surface area contributed by atoms with Crippen molar-refractivity contribution in [2.24, 2.45) is 9.98 Å². The van der Waals surface area contributed by atoms with Gasteiger partial charge in [0.1, 0.15) is 11.5 Å². The molecule has 2 aliphatic rings. The predicted molar refractivity (Wildman–Crippen MR) is 151 cm³/mol. The maximum Gasteiger partial charge on any atom is 0.267 e. The van der Waals surface area contributed by atoms with Crippen LogP contribution in [0.15, 0.2) is 46.0 Å². The van der Waals surface area contributed by atoms with E-state index in [1.807, 2.05) is 6.07 Å². The Bertz CT molecular complexity index is 954. The highest BCUT2D eigenvalue weighted by molar-refractivity contribution is 6.04. The number of aliphatic hydroxyl groups excluding tert-OH is 1. The molecular formula is C28H44N6O4. The third-order valence-electron chi connectivity index (χ3n) is 7.21. The van der Waals surface area contributed by atoms with Crippen LogP contribution in [0.2, 0.25) is 0 Å². The molecule has 210 valence electrons. The number of fused-ring (bicyclic) bond motifs is 1. The number of aliphatic imine (C=N–C) groups is 2. The van der Waals surface area contributed by atoms with Gasteiger partial charge in [0.25, 0.3) is 5.91 Å². The molecule has 1 heterocycles. The van der Waals surface area contributed by atoms with E-state index in [4.69, 9.17) is 14.5 Å². The van der Waals surface area contributed by atoms with Gasteiger partial charge in [0.15, 0.2) is 0 Å². The van der Waals surface area contributed by atoms with Gasteiger partial charge in [-0.3, -0.25) is 19.6 Å². The second kappa shape index (κ2) is 15.7. The summed E-state index contributed by atoms with van der Waals surface area (Å²) in [5.41, 5.74) is 3.00. The maximum absolute atomic E-state index is 12.8. The zero-order valence-electron chi connectivity index (χ0n) is 23.1. The number of amidine groups is 1. The summed E-state index contributed by atoms with van der Waals surface area (Å²) in [5.74, 6) is 0.101. The molecule has 0 radical (unpaired) electrons. The third kappa shape index (κ3) is 8.99. The Morgan fingerprint density at radius 1 is 1.24 bits per heavy atom. The molecule has 1 aliphatic heterocycles. The van der Waals surface area contributed by atoms with Crippen LogP contribution in [0.1, 0.15) is 24.0 Å². The van der Waals surface area contributed by atoms with Crippen LogP contribution in [-0.4, -0.2) is 119 Å². The summed E-state index contributed by atoms with van der Waals surface area (Å²) in [4.78, 5) is 26.1. The average Bonchev–Trinajstić information content (AvgIpc) is 2.91. The molecule has 0 saturated heterocycles. The Morgan fingerprint density at radius 3 is 2.55 bits per heavy atom. The van der Waals surface area contributed by atoms with Crippen molar-refractivity contribution in [1.82, 2.24) is 20.4 Å². The lowest BCUT2D eigenvalue weighted by Crippen LogP contribution is -2.49. The molecule has 38 heavy (non-hydrogen) atoms. The molecule has 1 aromatic rings. The highest BCUT2D eigenvalue weighted by atomic mass is 16.5. The molecule has 10 heteroatoms. The topological polar surface area (TPSA) is 111 Å². The van der Waals surface area contributed by atoms with Gasteiger partial charge in [0.2, 0.25) is 0 Å². The first-order valence-corrected chi connectivity index (χ1v) is 13.4. The standard InChI is InChI=1S/C28H44N6O4/c1-29-26(17-27(30-2)32-23-15-24(16-23)34(11-13-37-3)12-14-38-4)28(36)31-18-25(35)20-33-10-9-21-7-5-6-8-22(21)19-33/h5-8,17,23-25,29,35H,2,9-16,18-20H2,1,3-4H3,(H,31,36)/t23?,24?,25-/m0/s1. The van der Waals surface area contributed by atoms with Gasteiger partial charge in [-0.25, -0.2) is 4.99 Å². The number of benzene rings is 1. The van der Waals surface area contributed by atoms with Gasteiger partial charge in [-0.2, -0.15) is 0 Å². The largest absolute Gasteiger partial charge is 0.390 e. The Morgan fingerprint density at radius 2 is 1.92 bits per heavy atom. The van der Waals surface area contributed by atoms with Gasteiger partial charge >= 0.3 is 0 Å². The van der Waals surface area contributed by atoms with Crippen molar-refractivity contribution in [1.29, 1.82) is 0 Å². The van der Waals surface area contributed by atoms with Crippen molar-refractivity contribution in [3.63, 3.8) is 0 Å². The number of hydrogen-bond acceptors (Lipinski definition) is 8. The summed E-state index contributed by atoms with van der Waals surface area (Å²) >= 11 is 0. The van der Waals surface area contributed by atoms with Gasteiger partial charge < -0.3 is 25.2 Å². The molecule has 0 spiro atoms. The van der Waals surface area contributed by atoms with Crippen molar-refractivity contribution in [3.8, 4) is 0 Å². The van der Waals surface area contributed by atoms with Crippen LogP contribution in [0.5, 0.6) is 0 Å². The summed E-state index contributed by atoms with van der Waals surface area (Å²) < 4.78 is 10.5. The van der Waals surface area contributed by atoms with Crippen molar-refractivity contribution >= 4 is 18.5 Å². The number of ether oxygens (including phenoxy) is 2. The molecule has 10 nitrogen and oxygen atoms in total. The number of nitrogens with one attached hydrogen (secondary N) is 2. The number of likely N-dealkylation sites (N-methyl/N-ethyl adjacent to an activating group) is 1. The van der Waals surface area contributed by atoms with Crippen molar-refractivity contribution in [2.75, 3.05) is 67.2 Å². The van der Waals surface area contributed by atoms with E-state index in [9.17, 15) is 9.90 Å². The highest BCUT2D eigenvalue weighted by Gasteiger charge is 2.33. The molecule has 1 aliphatic carbocycles. The smallest absolute Gasteiger partial charge is 0.267 e. The first kappa shape index (κ1) is 29.9. The quantitative estimate of drug-likeness (QED) is 0.176.